The summed E-state index contributed by atoms with van der Waals surface area (Å²) in [4.78, 5) is 0.343. The largest absolute Gasteiger partial charge is 0.385 e. The van der Waals surface area contributed by atoms with Crippen LogP contribution >= 0.6 is 0 Å². The summed E-state index contributed by atoms with van der Waals surface area (Å²) in [5, 5.41) is 3.26. The van der Waals surface area contributed by atoms with Crippen molar-refractivity contribution in [2.24, 2.45) is 0 Å². The first-order chi connectivity index (χ1) is 8.62. The van der Waals surface area contributed by atoms with Crippen LogP contribution in [0.15, 0.2) is 29.2 Å². The van der Waals surface area contributed by atoms with Gasteiger partial charge >= 0.3 is 0 Å². The highest BCUT2D eigenvalue weighted by Gasteiger charge is 2.27. The maximum atomic E-state index is 11.9. The van der Waals surface area contributed by atoms with Crippen LogP contribution in [0, 0.1) is 0 Å². The fraction of sp³-hybridized carbons (Fsp3) is 0.538. The molecule has 1 aliphatic carbocycles. The Balaban J connectivity index is 1.97. The SMILES string of the molecule is CCCCNc1ccc(S(=O)(=O)NC2CC2)cc1. The number of hydrogen-bond donors (Lipinski definition) is 2. The van der Waals surface area contributed by atoms with Gasteiger partial charge in [0.25, 0.3) is 0 Å². The summed E-state index contributed by atoms with van der Waals surface area (Å²) < 4.78 is 26.5. The molecule has 0 atom stereocenters. The third-order valence-corrected chi connectivity index (χ3v) is 4.46. The molecule has 1 aliphatic rings. The smallest absolute Gasteiger partial charge is 0.240 e. The molecular weight excluding hydrogens is 248 g/mol. The number of nitrogens with one attached hydrogen (secondary N) is 2. The second-order valence-corrected chi connectivity index (χ2v) is 6.41. The molecule has 0 unspecified atom stereocenters. The van der Waals surface area contributed by atoms with Crippen LogP contribution in [0.4, 0.5) is 5.69 Å². The van der Waals surface area contributed by atoms with E-state index in [2.05, 4.69) is 17.0 Å². The average Bonchev–Trinajstić information content (AvgIpc) is 3.13. The van der Waals surface area contributed by atoms with Gasteiger partial charge in [0.05, 0.1) is 4.90 Å². The molecule has 5 heteroatoms. The molecule has 1 saturated carbocycles. The summed E-state index contributed by atoms with van der Waals surface area (Å²) in [6.07, 6.45) is 4.17. The van der Waals surface area contributed by atoms with Crippen molar-refractivity contribution < 1.29 is 8.42 Å². The van der Waals surface area contributed by atoms with Gasteiger partial charge in [-0.2, -0.15) is 0 Å². The number of sulfonamides is 1. The van der Waals surface area contributed by atoms with E-state index in [1.807, 2.05) is 12.1 Å². The van der Waals surface area contributed by atoms with Crippen molar-refractivity contribution in [1.82, 2.24) is 4.72 Å². The highest BCUT2D eigenvalue weighted by Crippen LogP contribution is 2.22. The van der Waals surface area contributed by atoms with E-state index in [0.29, 0.717) is 4.90 Å². The van der Waals surface area contributed by atoms with Gasteiger partial charge in [0.15, 0.2) is 0 Å². The van der Waals surface area contributed by atoms with Crippen molar-refractivity contribution in [3.05, 3.63) is 24.3 Å². The third-order valence-electron chi connectivity index (χ3n) is 2.92. The minimum Gasteiger partial charge on any atom is -0.385 e. The normalized spacial score (nSPS) is 15.6. The predicted molar refractivity (Wildman–Crippen MR) is 73.2 cm³/mol. The van der Waals surface area contributed by atoms with Crippen molar-refractivity contribution in [2.45, 2.75) is 43.5 Å². The van der Waals surface area contributed by atoms with Crippen LogP contribution in [-0.2, 0) is 10.0 Å². The second-order valence-electron chi connectivity index (χ2n) is 4.70. The van der Waals surface area contributed by atoms with E-state index in [0.717, 1.165) is 37.9 Å². The Labute approximate surface area is 109 Å². The Morgan fingerprint density at radius 3 is 2.44 bits per heavy atom. The topological polar surface area (TPSA) is 58.2 Å². The van der Waals surface area contributed by atoms with Crippen LogP contribution in [-0.4, -0.2) is 21.0 Å². The van der Waals surface area contributed by atoms with Crippen molar-refractivity contribution in [3.8, 4) is 0 Å². The Kier molecular flexibility index (Phi) is 4.24. The Morgan fingerprint density at radius 1 is 1.22 bits per heavy atom. The highest BCUT2D eigenvalue weighted by molar-refractivity contribution is 7.89. The maximum Gasteiger partial charge on any atom is 0.240 e. The lowest BCUT2D eigenvalue weighted by molar-refractivity contribution is 0.581. The van der Waals surface area contributed by atoms with Gasteiger partial charge in [-0.15, -0.1) is 0 Å². The Morgan fingerprint density at radius 2 is 1.89 bits per heavy atom. The first kappa shape index (κ1) is 13.4. The number of anilines is 1. The predicted octanol–water partition coefficient (Wildman–Crippen LogP) is 2.34. The Hall–Kier alpha value is -1.07. The molecule has 0 bridgehead atoms. The van der Waals surface area contributed by atoms with E-state index in [1.54, 1.807) is 12.1 Å². The van der Waals surface area contributed by atoms with Crippen LogP contribution in [0.3, 0.4) is 0 Å². The van der Waals surface area contributed by atoms with Gasteiger partial charge in [-0.25, -0.2) is 13.1 Å². The van der Waals surface area contributed by atoms with Crippen LogP contribution < -0.4 is 10.0 Å². The molecule has 0 spiro atoms. The molecule has 0 aromatic heterocycles. The van der Waals surface area contributed by atoms with Gasteiger partial charge in [0, 0.05) is 18.3 Å². The second kappa shape index (κ2) is 5.71. The number of hydrogen-bond acceptors (Lipinski definition) is 3. The monoisotopic (exact) mass is 268 g/mol. The molecule has 1 fully saturated rings. The van der Waals surface area contributed by atoms with E-state index in [1.165, 1.54) is 0 Å². The zero-order chi connectivity index (χ0) is 13.0. The standard InChI is InChI=1S/C13H20N2O2S/c1-2-3-10-14-11-6-8-13(9-7-11)18(16,17)15-12-4-5-12/h6-9,12,14-15H,2-5,10H2,1H3. The lowest BCUT2D eigenvalue weighted by Crippen LogP contribution is -2.25. The molecule has 0 aliphatic heterocycles. The van der Waals surface area contributed by atoms with Crippen LogP contribution in [0.1, 0.15) is 32.6 Å². The van der Waals surface area contributed by atoms with Gasteiger partial charge in [0.2, 0.25) is 10.0 Å². The fourth-order valence-electron chi connectivity index (χ4n) is 1.65. The van der Waals surface area contributed by atoms with Crippen molar-refractivity contribution in [2.75, 3.05) is 11.9 Å². The van der Waals surface area contributed by atoms with Gasteiger partial charge in [-0.05, 0) is 43.5 Å². The van der Waals surface area contributed by atoms with E-state index in [4.69, 9.17) is 0 Å². The molecular formula is C13H20N2O2S. The summed E-state index contributed by atoms with van der Waals surface area (Å²) in [6.45, 7) is 3.06. The molecule has 100 valence electrons. The van der Waals surface area contributed by atoms with Crippen LogP contribution in [0.5, 0.6) is 0 Å². The van der Waals surface area contributed by atoms with E-state index in [9.17, 15) is 8.42 Å². The quantitative estimate of drug-likeness (QED) is 0.746. The minimum atomic E-state index is -3.32. The lowest BCUT2D eigenvalue weighted by Gasteiger charge is -2.08. The van der Waals surface area contributed by atoms with E-state index >= 15 is 0 Å². The lowest BCUT2D eigenvalue weighted by atomic mass is 10.3. The molecule has 1 aromatic carbocycles. The maximum absolute atomic E-state index is 11.9. The zero-order valence-electron chi connectivity index (χ0n) is 10.6. The number of unbranched alkanes of at least 4 members (excludes halogenated alkanes) is 1. The van der Waals surface area contributed by atoms with E-state index in [-0.39, 0.29) is 6.04 Å². The van der Waals surface area contributed by atoms with Crippen molar-refractivity contribution in [3.63, 3.8) is 0 Å². The highest BCUT2D eigenvalue weighted by atomic mass is 32.2. The van der Waals surface area contributed by atoms with Crippen LogP contribution in [0.25, 0.3) is 0 Å². The summed E-state index contributed by atoms with van der Waals surface area (Å²) >= 11 is 0. The molecule has 1 aromatic rings. The fourth-order valence-corrected chi connectivity index (χ4v) is 2.96. The van der Waals surface area contributed by atoms with Gasteiger partial charge in [0.1, 0.15) is 0 Å². The average molecular weight is 268 g/mol. The number of rotatable bonds is 7. The number of benzene rings is 1. The molecule has 0 amide bonds. The first-order valence-corrected chi connectivity index (χ1v) is 7.96. The first-order valence-electron chi connectivity index (χ1n) is 6.48. The molecule has 0 saturated heterocycles. The van der Waals surface area contributed by atoms with Gasteiger partial charge in [-0.3, -0.25) is 0 Å². The van der Waals surface area contributed by atoms with Crippen molar-refractivity contribution >= 4 is 15.7 Å². The Bertz CT molecular complexity index is 478. The molecule has 4 nitrogen and oxygen atoms in total. The summed E-state index contributed by atoms with van der Waals surface area (Å²) in [5.41, 5.74) is 0.967. The molecule has 2 N–H and O–H groups in total. The molecule has 0 radical (unpaired) electrons. The van der Waals surface area contributed by atoms with E-state index < -0.39 is 10.0 Å². The van der Waals surface area contributed by atoms with Crippen molar-refractivity contribution in [1.29, 1.82) is 0 Å². The molecule has 2 rings (SSSR count). The van der Waals surface area contributed by atoms with Gasteiger partial charge in [-0.1, -0.05) is 13.3 Å². The molecule has 0 heterocycles. The molecule has 18 heavy (non-hydrogen) atoms. The summed E-state index contributed by atoms with van der Waals surface area (Å²) in [5.74, 6) is 0. The summed E-state index contributed by atoms with van der Waals surface area (Å²) in [7, 11) is -3.32. The van der Waals surface area contributed by atoms with Crippen LogP contribution in [0.2, 0.25) is 0 Å². The third kappa shape index (κ3) is 3.71. The summed E-state index contributed by atoms with van der Waals surface area (Å²) in [6, 6.07) is 7.09. The minimum absolute atomic E-state index is 0.150. The zero-order valence-corrected chi connectivity index (χ0v) is 11.5. The van der Waals surface area contributed by atoms with Gasteiger partial charge < -0.3 is 5.32 Å².